The molecule has 0 amide bonds. The topological polar surface area (TPSA) is 57.4 Å². The van der Waals surface area contributed by atoms with Gasteiger partial charge in [0.25, 0.3) is 5.89 Å². The minimum absolute atomic E-state index is 0.119. The van der Waals surface area contributed by atoms with E-state index in [0.717, 1.165) is 5.56 Å². The molecule has 0 spiro atoms. The number of ether oxygens (including phenoxy) is 2. The highest BCUT2D eigenvalue weighted by atomic mass is 19.1. The van der Waals surface area contributed by atoms with Crippen molar-refractivity contribution in [3.8, 4) is 22.9 Å². The van der Waals surface area contributed by atoms with E-state index in [4.69, 9.17) is 14.0 Å². The van der Waals surface area contributed by atoms with Crippen molar-refractivity contribution in [1.29, 1.82) is 0 Å². The molecule has 6 heteroatoms. The second kappa shape index (κ2) is 6.48. The summed E-state index contributed by atoms with van der Waals surface area (Å²) in [5, 5.41) is 3.87. The fourth-order valence-corrected chi connectivity index (χ4v) is 2.06. The standard InChI is InChI=1S/C17H15FN2O3/c1-11-3-8-14(15(9-11)21-2)22-10-16-19-17(20-23-16)12-4-6-13(18)7-5-12/h3-9H,10H2,1-2H3. The highest BCUT2D eigenvalue weighted by molar-refractivity contribution is 5.53. The lowest BCUT2D eigenvalue weighted by Gasteiger charge is -2.09. The van der Waals surface area contributed by atoms with Crippen molar-refractivity contribution in [3.63, 3.8) is 0 Å². The molecule has 0 bridgehead atoms. The van der Waals surface area contributed by atoms with Crippen molar-refractivity contribution in [3.05, 3.63) is 59.7 Å². The summed E-state index contributed by atoms with van der Waals surface area (Å²) in [6, 6.07) is 11.5. The maximum absolute atomic E-state index is 12.9. The number of hydrogen-bond donors (Lipinski definition) is 0. The molecule has 3 aromatic rings. The lowest BCUT2D eigenvalue weighted by atomic mass is 10.2. The van der Waals surface area contributed by atoms with E-state index in [2.05, 4.69) is 10.1 Å². The molecule has 0 radical (unpaired) electrons. The molecular weight excluding hydrogens is 299 g/mol. The fourth-order valence-electron chi connectivity index (χ4n) is 2.06. The number of aryl methyl sites for hydroxylation is 1. The van der Waals surface area contributed by atoms with Crippen LogP contribution < -0.4 is 9.47 Å². The number of methoxy groups -OCH3 is 1. The Hall–Kier alpha value is -2.89. The van der Waals surface area contributed by atoms with Gasteiger partial charge in [0.15, 0.2) is 18.1 Å². The van der Waals surface area contributed by atoms with E-state index in [1.807, 2.05) is 25.1 Å². The second-order valence-electron chi connectivity index (χ2n) is 4.96. The zero-order valence-electron chi connectivity index (χ0n) is 12.7. The molecule has 0 saturated heterocycles. The zero-order valence-corrected chi connectivity index (χ0v) is 12.7. The molecule has 1 heterocycles. The summed E-state index contributed by atoms with van der Waals surface area (Å²) in [5.74, 6) is 1.64. The van der Waals surface area contributed by atoms with Gasteiger partial charge in [-0.25, -0.2) is 4.39 Å². The molecular formula is C17H15FN2O3. The maximum Gasteiger partial charge on any atom is 0.264 e. The van der Waals surface area contributed by atoms with Crippen molar-refractivity contribution >= 4 is 0 Å². The normalized spacial score (nSPS) is 10.6. The molecule has 0 fully saturated rings. The molecule has 23 heavy (non-hydrogen) atoms. The average molecular weight is 314 g/mol. The van der Waals surface area contributed by atoms with Gasteiger partial charge >= 0.3 is 0 Å². The molecule has 2 aromatic carbocycles. The SMILES string of the molecule is COc1cc(C)ccc1OCc1nc(-c2ccc(F)cc2)no1. The summed E-state index contributed by atoms with van der Waals surface area (Å²) >= 11 is 0. The summed E-state index contributed by atoms with van der Waals surface area (Å²) in [4.78, 5) is 4.23. The Balaban J connectivity index is 1.71. The number of nitrogens with zero attached hydrogens (tertiary/aromatic N) is 2. The first kappa shape index (κ1) is 15.0. The van der Waals surface area contributed by atoms with E-state index in [9.17, 15) is 4.39 Å². The smallest absolute Gasteiger partial charge is 0.264 e. The molecule has 0 aliphatic heterocycles. The number of rotatable bonds is 5. The molecule has 1 aromatic heterocycles. The van der Waals surface area contributed by atoms with Crippen LogP contribution in [0.15, 0.2) is 47.0 Å². The van der Waals surface area contributed by atoms with Crippen molar-refractivity contribution in [1.82, 2.24) is 10.1 Å². The van der Waals surface area contributed by atoms with Crippen LogP contribution in [0.1, 0.15) is 11.5 Å². The Kier molecular flexibility index (Phi) is 4.23. The van der Waals surface area contributed by atoms with Gasteiger partial charge in [0, 0.05) is 5.56 Å². The van der Waals surface area contributed by atoms with E-state index in [1.54, 1.807) is 19.2 Å². The highest BCUT2D eigenvalue weighted by Gasteiger charge is 2.11. The van der Waals surface area contributed by atoms with Crippen LogP contribution in [0, 0.1) is 12.7 Å². The van der Waals surface area contributed by atoms with Crippen molar-refractivity contribution in [2.24, 2.45) is 0 Å². The number of halogens is 1. The summed E-state index contributed by atoms with van der Waals surface area (Å²) < 4.78 is 29.0. The van der Waals surface area contributed by atoms with Gasteiger partial charge < -0.3 is 14.0 Å². The largest absolute Gasteiger partial charge is 0.493 e. The predicted molar refractivity (Wildman–Crippen MR) is 81.8 cm³/mol. The third-order valence-electron chi connectivity index (χ3n) is 3.24. The molecule has 0 aliphatic carbocycles. The fraction of sp³-hybridized carbons (Fsp3) is 0.176. The first-order valence-electron chi connectivity index (χ1n) is 7.01. The van der Waals surface area contributed by atoms with Gasteiger partial charge in [-0.15, -0.1) is 0 Å². The molecule has 118 valence electrons. The van der Waals surface area contributed by atoms with E-state index >= 15 is 0 Å². The van der Waals surface area contributed by atoms with E-state index in [1.165, 1.54) is 12.1 Å². The second-order valence-corrected chi connectivity index (χ2v) is 4.96. The van der Waals surface area contributed by atoms with Gasteiger partial charge in [0.2, 0.25) is 5.82 Å². The Morgan fingerprint density at radius 2 is 1.87 bits per heavy atom. The van der Waals surface area contributed by atoms with Gasteiger partial charge in [-0.05, 0) is 48.9 Å². The van der Waals surface area contributed by atoms with Crippen LogP contribution in [0.25, 0.3) is 11.4 Å². The van der Waals surface area contributed by atoms with Crippen LogP contribution in [0.4, 0.5) is 4.39 Å². The summed E-state index contributed by atoms with van der Waals surface area (Å²) in [6.07, 6.45) is 0. The lowest BCUT2D eigenvalue weighted by Crippen LogP contribution is -1.98. The van der Waals surface area contributed by atoms with E-state index < -0.39 is 0 Å². The summed E-state index contributed by atoms with van der Waals surface area (Å²) in [6.45, 7) is 2.09. The van der Waals surface area contributed by atoms with Crippen LogP contribution in [0.5, 0.6) is 11.5 Å². The van der Waals surface area contributed by atoms with Crippen LogP contribution >= 0.6 is 0 Å². The molecule has 5 nitrogen and oxygen atoms in total. The molecule has 0 unspecified atom stereocenters. The first-order chi connectivity index (χ1) is 11.2. The minimum atomic E-state index is -0.313. The Morgan fingerprint density at radius 3 is 2.61 bits per heavy atom. The Morgan fingerprint density at radius 1 is 1.09 bits per heavy atom. The van der Waals surface area contributed by atoms with E-state index in [-0.39, 0.29) is 12.4 Å². The van der Waals surface area contributed by atoms with Crippen molar-refractivity contribution < 1.29 is 18.4 Å². The predicted octanol–water partition coefficient (Wildman–Crippen LogP) is 3.77. The van der Waals surface area contributed by atoms with Gasteiger partial charge in [0.1, 0.15) is 5.82 Å². The van der Waals surface area contributed by atoms with Gasteiger partial charge in [-0.1, -0.05) is 11.2 Å². The number of aromatic nitrogens is 2. The third-order valence-corrected chi connectivity index (χ3v) is 3.24. The van der Waals surface area contributed by atoms with Gasteiger partial charge in [-0.3, -0.25) is 0 Å². The van der Waals surface area contributed by atoms with Crippen LogP contribution in [0.2, 0.25) is 0 Å². The maximum atomic E-state index is 12.9. The highest BCUT2D eigenvalue weighted by Crippen LogP contribution is 2.28. The van der Waals surface area contributed by atoms with Gasteiger partial charge in [0.05, 0.1) is 7.11 Å². The van der Waals surface area contributed by atoms with Crippen molar-refractivity contribution in [2.45, 2.75) is 13.5 Å². The Bertz CT molecular complexity index is 800. The Labute approximate surface area is 132 Å². The van der Waals surface area contributed by atoms with Gasteiger partial charge in [-0.2, -0.15) is 4.98 Å². The van der Waals surface area contributed by atoms with Crippen LogP contribution in [0.3, 0.4) is 0 Å². The minimum Gasteiger partial charge on any atom is -0.493 e. The summed E-state index contributed by atoms with van der Waals surface area (Å²) in [5.41, 5.74) is 1.75. The van der Waals surface area contributed by atoms with Crippen LogP contribution in [-0.4, -0.2) is 17.3 Å². The molecule has 3 rings (SSSR count). The molecule has 0 aliphatic rings. The van der Waals surface area contributed by atoms with Crippen LogP contribution in [-0.2, 0) is 6.61 Å². The quantitative estimate of drug-likeness (QED) is 0.717. The number of benzene rings is 2. The summed E-state index contributed by atoms with van der Waals surface area (Å²) in [7, 11) is 1.58. The zero-order chi connectivity index (χ0) is 16.2. The molecule has 0 N–H and O–H groups in total. The number of hydrogen-bond acceptors (Lipinski definition) is 5. The third kappa shape index (κ3) is 3.48. The lowest BCUT2D eigenvalue weighted by molar-refractivity contribution is 0.233. The van der Waals surface area contributed by atoms with Crippen molar-refractivity contribution in [2.75, 3.05) is 7.11 Å². The first-order valence-corrected chi connectivity index (χ1v) is 7.01. The molecule has 0 atom stereocenters. The molecule has 0 saturated carbocycles. The monoisotopic (exact) mass is 314 g/mol. The average Bonchev–Trinajstić information content (AvgIpc) is 3.03. The van der Waals surface area contributed by atoms with E-state index in [0.29, 0.717) is 28.8 Å².